The first-order valence-corrected chi connectivity index (χ1v) is 7.78. The number of imidazole rings is 1. The molecule has 1 aromatic carbocycles. The zero-order valence-electron chi connectivity index (χ0n) is 12.0. The van der Waals surface area contributed by atoms with Crippen LogP contribution in [0.4, 0.5) is 0 Å². The van der Waals surface area contributed by atoms with E-state index in [0.29, 0.717) is 18.7 Å². The molecule has 2 N–H and O–H groups in total. The van der Waals surface area contributed by atoms with Gasteiger partial charge < -0.3 is 15.2 Å². The third-order valence-corrected chi connectivity index (χ3v) is 4.18. The van der Waals surface area contributed by atoms with E-state index in [4.69, 9.17) is 11.6 Å². The summed E-state index contributed by atoms with van der Waals surface area (Å²) in [6, 6.07) is 5.57. The van der Waals surface area contributed by atoms with E-state index in [1.54, 1.807) is 12.4 Å². The van der Waals surface area contributed by atoms with Gasteiger partial charge in [0.1, 0.15) is 5.88 Å². The number of carbonyl (C=O) groups is 2. The van der Waals surface area contributed by atoms with Crippen molar-refractivity contribution in [2.45, 2.75) is 18.9 Å². The van der Waals surface area contributed by atoms with Crippen LogP contribution in [0.5, 0.6) is 0 Å². The zero-order chi connectivity index (χ0) is 15.5. The van der Waals surface area contributed by atoms with Crippen LogP contribution >= 0.6 is 11.6 Å². The minimum atomic E-state index is -0.156. The molecule has 0 saturated carbocycles. The van der Waals surface area contributed by atoms with E-state index < -0.39 is 0 Å². The number of likely N-dealkylation sites (tertiary alicyclic amines) is 1. The number of nitrogens with zero attached hydrogens (tertiary/aromatic N) is 2. The summed E-state index contributed by atoms with van der Waals surface area (Å²) < 4.78 is 0. The van der Waals surface area contributed by atoms with Crippen molar-refractivity contribution in [1.29, 1.82) is 0 Å². The molecule has 1 aliphatic rings. The molecule has 1 fully saturated rings. The van der Waals surface area contributed by atoms with Crippen LogP contribution in [0.2, 0.25) is 0 Å². The van der Waals surface area contributed by atoms with Crippen molar-refractivity contribution in [1.82, 2.24) is 20.2 Å². The number of H-pyrrole nitrogens is 1. The van der Waals surface area contributed by atoms with E-state index in [9.17, 15) is 9.59 Å². The second kappa shape index (κ2) is 6.36. The number of fused-ring (bicyclic) bond motifs is 1. The summed E-state index contributed by atoms with van der Waals surface area (Å²) in [5.74, 6) is -0.168. The van der Waals surface area contributed by atoms with E-state index in [1.165, 1.54) is 0 Å². The van der Waals surface area contributed by atoms with Gasteiger partial charge in [-0.3, -0.25) is 9.59 Å². The molecule has 0 spiro atoms. The first-order valence-electron chi connectivity index (χ1n) is 7.25. The Morgan fingerprint density at radius 3 is 2.86 bits per heavy atom. The minimum Gasteiger partial charge on any atom is -0.352 e. The van der Waals surface area contributed by atoms with Gasteiger partial charge in [0.2, 0.25) is 5.91 Å². The van der Waals surface area contributed by atoms with E-state index >= 15 is 0 Å². The molecular formula is C15H17ClN4O2. The van der Waals surface area contributed by atoms with Gasteiger partial charge in [-0.15, -0.1) is 11.6 Å². The van der Waals surface area contributed by atoms with Gasteiger partial charge in [-0.1, -0.05) is 0 Å². The average Bonchev–Trinajstić information content (AvgIpc) is 3.02. The van der Waals surface area contributed by atoms with Crippen molar-refractivity contribution in [3.63, 3.8) is 0 Å². The number of halogens is 1. The maximum Gasteiger partial charge on any atom is 0.253 e. The molecule has 0 unspecified atom stereocenters. The molecule has 22 heavy (non-hydrogen) atoms. The summed E-state index contributed by atoms with van der Waals surface area (Å²) in [5, 5.41) is 2.87. The van der Waals surface area contributed by atoms with Gasteiger partial charge in [-0.2, -0.15) is 0 Å². The Bertz CT molecular complexity index is 692. The quantitative estimate of drug-likeness (QED) is 0.842. The number of benzene rings is 1. The zero-order valence-corrected chi connectivity index (χ0v) is 12.8. The number of rotatable bonds is 3. The standard InChI is InChI=1S/C15H17ClN4O2/c16-8-14(21)19-11-3-5-20(6-4-11)15(22)10-1-2-12-13(7-10)18-9-17-12/h1-2,7,9,11H,3-6,8H2,(H,17,18)(H,19,21). The topological polar surface area (TPSA) is 78.1 Å². The SMILES string of the molecule is O=C(CCl)NC1CCN(C(=O)c2ccc3nc[nH]c3c2)CC1. The van der Waals surface area contributed by atoms with Crippen LogP contribution in [0.3, 0.4) is 0 Å². The van der Waals surface area contributed by atoms with Crippen LogP contribution in [0.25, 0.3) is 11.0 Å². The molecular weight excluding hydrogens is 304 g/mol. The number of amides is 2. The molecule has 1 aromatic heterocycles. The lowest BCUT2D eigenvalue weighted by Crippen LogP contribution is -2.46. The van der Waals surface area contributed by atoms with Gasteiger partial charge in [0, 0.05) is 24.7 Å². The van der Waals surface area contributed by atoms with Crippen LogP contribution in [0.15, 0.2) is 24.5 Å². The summed E-state index contributed by atoms with van der Waals surface area (Å²) >= 11 is 5.48. The molecule has 6 nitrogen and oxygen atoms in total. The van der Waals surface area contributed by atoms with Crippen molar-refractivity contribution in [2.75, 3.05) is 19.0 Å². The Morgan fingerprint density at radius 2 is 2.14 bits per heavy atom. The van der Waals surface area contributed by atoms with Gasteiger partial charge >= 0.3 is 0 Å². The maximum atomic E-state index is 12.5. The van der Waals surface area contributed by atoms with Crippen molar-refractivity contribution >= 4 is 34.4 Å². The van der Waals surface area contributed by atoms with Crippen LogP contribution < -0.4 is 5.32 Å². The molecule has 2 aromatic rings. The summed E-state index contributed by atoms with van der Waals surface area (Å²) in [6.45, 7) is 1.26. The van der Waals surface area contributed by atoms with Crippen molar-refractivity contribution < 1.29 is 9.59 Å². The summed E-state index contributed by atoms with van der Waals surface area (Å²) in [4.78, 5) is 32.8. The molecule has 0 atom stereocenters. The predicted molar refractivity (Wildman–Crippen MR) is 83.9 cm³/mol. The predicted octanol–water partition coefficient (Wildman–Crippen LogP) is 1.52. The number of hydrogen-bond donors (Lipinski definition) is 2. The van der Waals surface area contributed by atoms with E-state index in [2.05, 4.69) is 15.3 Å². The lowest BCUT2D eigenvalue weighted by atomic mass is 10.0. The normalized spacial score (nSPS) is 16.0. The molecule has 2 amide bonds. The molecule has 0 radical (unpaired) electrons. The van der Waals surface area contributed by atoms with Crippen molar-refractivity contribution in [3.05, 3.63) is 30.1 Å². The van der Waals surface area contributed by atoms with Gasteiger partial charge in [-0.25, -0.2) is 4.98 Å². The Labute approximate surface area is 132 Å². The lowest BCUT2D eigenvalue weighted by molar-refractivity contribution is -0.119. The smallest absolute Gasteiger partial charge is 0.253 e. The summed E-state index contributed by atoms with van der Waals surface area (Å²) in [7, 11) is 0. The van der Waals surface area contributed by atoms with Gasteiger partial charge in [0.15, 0.2) is 0 Å². The highest BCUT2D eigenvalue weighted by Gasteiger charge is 2.24. The highest BCUT2D eigenvalue weighted by Crippen LogP contribution is 2.17. The Morgan fingerprint density at radius 1 is 1.36 bits per heavy atom. The fourth-order valence-electron chi connectivity index (χ4n) is 2.74. The molecule has 1 aliphatic heterocycles. The maximum absolute atomic E-state index is 12.5. The highest BCUT2D eigenvalue weighted by atomic mass is 35.5. The van der Waals surface area contributed by atoms with E-state index in [0.717, 1.165) is 23.9 Å². The molecule has 1 saturated heterocycles. The second-order valence-corrected chi connectivity index (χ2v) is 5.67. The van der Waals surface area contributed by atoms with E-state index in [-0.39, 0.29) is 23.7 Å². The van der Waals surface area contributed by atoms with Crippen LogP contribution in [-0.4, -0.2) is 51.7 Å². The first-order chi connectivity index (χ1) is 10.7. The largest absolute Gasteiger partial charge is 0.352 e. The van der Waals surface area contributed by atoms with Crippen molar-refractivity contribution in [2.24, 2.45) is 0 Å². The fourth-order valence-corrected chi connectivity index (χ4v) is 2.82. The van der Waals surface area contributed by atoms with E-state index in [1.807, 2.05) is 17.0 Å². The summed E-state index contributed by atoms with van der Waals surface area (Å²) in [5.41, 5.74) is 2.36. The molecule has 2 heterocycles. The number of aromatic amines is 1. The molecule has 116 valence electrons. The third kappa shape index (κ3) is 3.06. The Hall–Kier alpha value is -2.08. The average molecular weight is 321 g/mol. The molecule has 3 rings (SSSR count). The molecule has 7 heteroatoms. The van der Waals surface area contributed by atoms with Crippen LogP contribution in [-0.2, 0) is 4.79 Å². The van der Waals surface area contributed by atoms with Crippen LogP contribution in [0, 0.1) is 0 Å². The number of piperidine rings is 1. The number of alkyl halides is 1. The minimum absolute atomic E-state index is 0.0126. The van der Waals surface area contributed by atoms with Gasteiger partial charge in [0.25, 0.3) is 5.91 Å². The van der Waals surface area contributed by atoms with Crippen LogP contribution in [0.1, 0.15) is 23.2 Å². The third-order valence-electron chi connectivity index (χ3n) is 3.94. The number of nitrogens with one attached hydrogen (secondary N) is 2. The van der Waals surface area contributed by atoms with Gasteiger partial charge in [0.05, 0.1) is 17.4 Å². The molecule has 0 aliphatic carbocycles. The lowest BCUT2D eigenvalue weighted by Gasteiger charge is -2.32. The number of hydrogen-bond acceptors (Lipinski definition) is 3. The van der Waals surface area contributed by atoms with Gasteiger partial charge in [-0.05, 0) is 31.0 Å². The molecule has 0 bridgehead atoms. The second-order valence-electron chi connectivity index (χ2n) is 5.40. The Kier molecular flexibility index (Phi) is 4.29. The Balaban J connectivity index is 1.63. The number of aromatic nitrogens is 2. The van der Waals surface area contributed by atoms with Crippen molar-refractivity contribution in [3.8, 4) is 0 Å². The fraction of sp³-hybridized carbons (Fsp3) is 0.400. The number of carbonyl (C=O) groups excluding carboxylic acids is 2. The highest BCUT2D eigenvalue weighted by molar-refractivity contribution is 6.27. The first kappa shape index (κ1) is 14.8. The summed E-state index contributed by atoms with van der Waals surface area (Å²) in [6.07, 6.45) is 3.12. The monoisotopic (exact) mass is 320 g/mol.